The molecule has 18 heavy (non-hydrogen) atoms. The third-order valence-corrected chi connectivity index (χ3v) is 1.95. The maximum absolute atomic E-state index is 11.4. The van der Waals surface area contributed by atoms with Crippen molar-refractivity contribution in [3.05, 3.63) is 12.2 Å². The van der Waals surface area contributed by atoms with Gasteiger partial charge in [-0.3, -0.25) is 5.10 Å². The monoisotopic (exact) mass is 257 g/mol. The molecule has 0 saturated heterocycles. The van der Waals surface area contributed by atoms with Gasteiger partial charge in [0.05, 0.1) is 12.6 Å². The summed E-state index contributed by atoms with van der Waals surface area (Å²) >= 11 is 0. The summed E-state index contributed by atoms with van der Waals surface area (Å²) < 4.78 is 4.75. The van der Waals surface area contributed by atoms with Crippen molar-refractivity contribution in [1.29, 1.82) is 0 Å². The number of aliphatic carboxylic acids is 1. The third-order valence-electron chi connectivity index (χ3n) is 1.95. The molecule has 0 radical (unpaired) electrons. The van der Waals surface area contributed by atoms with Crippen LogP contribution in [0.15, 0.2) is 6.33 Å². The summed E-state index contributed by atoms with van der Waals surface area (Å²) in [5, 5.41) is 19.8. The molecule has 0 aliphatic carbocycles. The van der Waals surface area contributed by atoms with Crippen molar-refractivity contribution in [1.82, 2.24) is 25.8 Å². The number of urea groups is 1. The lowest BCUT2D eigenvalue weighted by Crippen LogP contribution is -2.39. The number of nitrogens with one attached hydrogen (secondary N) is 3. The van der Waals surface area contributed by atoms with Crippen molar-refractivity contribution in [3.63, 3.8) is 0 Å². The van der Waals surface area contributed by atoms with E-state index in [9.17, 15) is 9.59 Å². The zero-order valence-corrected chi connectivity index (χ0v) is 9.84. The molecule has 0 saturated carbocycles. The van der Waals surface area contributed by atoms with Gasteiger partial charge in [-0.25, -0.2) is 14.6 Å². The molecule has 1 atom stereocenters. The number of aromatic amines is 1. The van der Waals surface area contributed by atoms with Crippen LogP contribution in [0.2, 0.25) is 0 Å². The van der Waals surface area contributed by atoms with Crippen LogP contribution in [0.1, 0.15) is 18.8 Å². The Hall–Kier alpha value is -2.16. The summed E-state index contributed by atoms with van der Waals surface area (Å²) in [5.41, 5.74) is 0. The molecule has 0 aliphatic rings. The molecule has 0 aliphatic heterocycles. The molecule has 0 fully saturated rings. The van der Waals surface area contributed by atoms with Gasteiger partial charge in [-0.15, -0.1) is 0 Å². The summed E-state index contributed by atoms with van der Waals surface area (Å²) in [5.74, 6) is -0.495. The van der Waals surface area contributed by atoms with Crippen molar-refractivity contribution in [2.45, 2.75) is 13.0 Å². The number of hydrogen-bond acceptors (Lipinski definition) is 5. The fourth-order valence-corrected chi connectivity index (χ4v) is 1.14. The Balaban J connectivity index is 2.12. The van der Waals surface area contributed by atoms with Crippen LogP contribution >= 0.6 is 0 Å². The van der Waals surface area contributed by atoms with Gasteiger partial charge >= 0.3 is 12.0 Å². The average molecular weight is 257 g/mol. The Labute approximate surface area is 103 Å². The highest BCUT2D eigenvalue weighted by atomic mass is 16.5. The second kappa shape index (κ2) is 7.22. The minimum atomic E-state index is -1.04. The van der Waals surface area contributed by atoms with E-state index >= 15 is 0 Å². The SMILES string of the molecule is CC(NC(=O)NCCOCC(=O)O)c1ncn[nH]1. The molecule has 1 rings (SSSR count). The van der Waals surface area contributed by atoms with Crippen LogP contribution in [0.4, 0.5) is 4.79 Å². The number of rotatable bonds is 7. The zero-order valence-electron chi connectivity index (χ0n) is 9.84. The first-order valence-corrected chi connectivity index (χ1v) is 5.28. The summed E-state index contributed by atoms with van der Waals surface area (Å²) in [6, 6.07) is -0.690. The van der Waals surface area contributed by atoms with E-state index in [1.165, 1.54) is 6.33 Å². The predicted molar refractivity (Wildman–Crippen MR) is 59.8 cm³/mol. The molecule has 1 heterocycles. The Bertz CT molecular complexity index is 380. The lowest BCUT2D eigenvalue weighted by Gasteiger charge is -2.11. The molecule has 0 bridgehead atoms. The van der Waals surface area contributed by atoms with Gasteiger partial charge < -0.3 is 20.5 Å². The maximum atomic E-state index is 11.4. The number of hydrogen-bond donors (Lipinski definition) is 4. The van der Waals surface area contributed by atoms with Crippen LogP contribution < -0.4 is 10.6 Å². The summed E-state index contributed by atoms with van der Waals surface area (Å²) in [6.07, 6.45) is 1.35. The van der Waals surface area contributed by atoms with Gasteiger partial charge in [0.2, 0.25) is 0 Å². The van der Waals surface area contributed by atoms with Crippen LogP contribution in [-0.2, 0) is 9.53 Å². The average Bonchev–Trinajstić information content (AvgIpc) is 2.81. The van der Waals surface area contributed by atoms with E-state index in [1.807, 2.05) is 0 Å². The normalized spacial score (nSPS) is 11.8. The highest BCUT2D eigenvalue weighted by molar-refractivity contribution is 5.74. The molecule has 9 nitrogen and oxygen atoms in total. The van der Waals surface area contributed by atoms with Crippen LogP contribution in [0, 0.1) is 0 Å². The molecule has 1 aromatic rings. The standard InChI is InChI=1S/C9H15N5O4/c1-6(8-11-5-12-14-8)13-9(17)10-2-3-18-4-7(15)16/h5-6H,2-4H2,1H3,(H,15,16)(H2,10,13,17)(H,11,12,14). The lowest BCUT2D eigenvalue weighted by atomic mass is 10.3. The first-order chi connectivity index (χ1) is 8.59. The van der Waals surface area contributed by atoms with Gasteiger partial charge in [0, 0.05) is 6.54 Å². The number of carbonyl (C=O) groups excluding carboxylic acids is 1. The number of carbonyl (C=O) groups is 2. The fraction of sp³-hybridized carbons (Fsp3) is 0.556. The molecule has 1 unspecified atom stereocenters. The van der Waals surface area contributed by atoms with Gasteiger partial charge in [-0.2, -0.15) is 5.10 Å². The number of H-pyrrole nitrogens is 1. The summed E-state index contributed by atoms with van der Waals surface area (Å²) in [7, 11) is 0. The molecule has 2 amide bonds. The molecule has 0 spiro atoms. The quantitative estimate of drug-likeness (QED) is 0.476. The van der Waals surface area contributed by atoms with E-state index < -0.39 is 12.0 Å². The van der Waals surface area contributed by atoms with Gasteiger partial charge in [-0.1, -0.05) is 0 Å². The van der Waals surface area contributed by atoms with Gasteiger partial charge in [0.25, 0.3) is 0 Å². The van der Waals surface area contributed by atoms with Crippen LogP contribution in [0.3, 0.4) is 0 Å². The van der Waals surface area contributed by atoms with Crippen molar-refractivity contribution in [3.8, 4) is 0 Å². The first-order valence-electron chi connectivity index (χ1n) is 5.28. The van der Waals surface area contributed by atoms with Crippen molar-refractivity contribution in [2.75, 3.05) is 19.8 Å². The van der Waals surface area contributed by atoms with Gasteiger partial charge in [0.15, 0.2) is 0 Å². The van der Waals surface area contributed by atoms with Gasteiger partial charge in [0.1, 0.15) is 18.8 Å². The van der Waals surface area contributed by atoms with E-state index in [0.29, 0.717) is 5.82 Å². The van der Waals surface area contributed by atoms with Gasteiger partial charge in [-0.05, 0) is 6.92 Å². The minimum absolute atomic E-state index is 0.135. The summed E-state index contributed by atoms with van der Waals surface area (Å²) in [6.45, 7) is 1.73. The lowest BCUT2D eigenvalue weighted by molar-refractivity contribution is -0.142. The second-order valence-corrected chi connectivity index (χ2v) is 3.44. The number of amides is 2. The first kappa shape index (κ1) is 13.9. The molecule has 1 aromatic heterocycles. The van der Waals surface area contributed by atoms with Crippen molar-refractivity contribution >= 4 is 12.0 Å². The van der Waals surface area contributed by atoms with E-state index in [-0.39, 0.29) is 25.8 Å². The van der Waals surface area contributed by atoms with E-state index in [0.717, 1.165) is 0 Å². The fourth-order valence-electron chi connectivity index (χ4n) is 1.14. The maximum Gasteiger partial charge on any atom is 0.329 e. The number of carboxylic acid groups (broad SMARTS) is 1. The highest BCUT2D eigenvalue weighted by Crippen LogP contribution is 2.02. The Morgan fingerprint density at radius 1 is 1.61 bits per heavy atom. The van der Waals surface area contributed by atoms with E-state index in [2.05, 4.69) is 25.8 Å². The minimum Gasteiger partial charge on any atom is -0.480 e. The predicted octanol–water partition coefficient (Wildman–Crippen LogP) is -0.734. The van der Waals surface area contributed by atoms with E-state index in [4.69, 9.17) is 9.84 Å². The Kier molecular flexibility index (Phi) is 5.58. The molecule has 0 aromatic carbocycles. The van der Waals surface area contributed by atoms with Crippen molar-refractivity contribution in [2.24, 2.45) is 0 Å². The molecule has 9 heteroatoms. The Morgan fingerprint density at radius 2 is 2.39 bits per heavy atom. The molecular weight excluding hydrogens is 242 g/mol. The summed E-state index contributed by atoms with van der Waals surface area (Å²) in [4.78, 5) is 25.4. The van der Waals surface area contributed by atoms with Crippen LogP contribution in [-0.4, -0.2) is 52.0 Å². The topological polar surface area (TPSA) is 129 Å². The van der Waals surface area contributed by atoms with Crippen LogP contribution in [0.25, 0.3) is 0 Å². The number of aromatic nitrogens is 3. The number of carboxylic acids is 1. The smallest absolute Gasteiger partial charge is 0.329 e. The zero-order chi connectivity index (χ0) is 13.4. The van der Waals surface area contributed by atoms with Crippen molar-refractivity contribution < 1.29 is 19.4 Å². The van der Waals surface area contributed by atoms with E-state index in [1.54, 1.807) is 6.92 Å². The number of ether oxygens (including phenoxy) is 1. The second-order valence-electron chi connectivity index (χ2n) is 3.44. The number of nitrogens with zero attached hydrogens (tertiary/aromatic N) is 2. The largest absolute Gasteiger partial charge is 0.480 e. The Morgan fingerprint density at radius 3 is 3.00 bits per heavy atom. The third kappa shape index (κ3) is 5.25. The molecular formula is C9H15N5O4. The van der Waals surface area contributed by atoms with Crippen LogP contribution in [0.5, 0.6) is 0 Å². The highest BCUT2D eigenvalue weighted by Gasteiger charge is 2.10. The molecule has 4 N–H and O–H groups in total. The molecule has 100 valence electrons.